The molecule has 1 aromatic carbocycles. The van der Waals surface area contributed by atoms with Crippen molar-refractivity contribution in [3.8, 4) is 0 Å². The Labute approximate surface area is 110 Å². The van der Waals surface area contributed by atoms with E-state index in [-0.39, 0.29) is 5.91 Å². The van der Waals surface area contributed by atoms with Crippen LogP contribution in [0.4, 0.5) is 0 Å². The van der Waals surface area contributed by atoms with Gasteiger partial charge in [0.15, 0.2) is 5.60 Å². The third-order valence-electron chi connectivity index (χ3n) is 3.43. The first-order valence-electron chi connectivity index (χ1n) is 6.01. The second-order valence-electron chi connectivity index (χ2n) is 4.72. The molecule has 1 saturated heterocycles. The van der Waals surface area contributed by atoms with Gasteiger partial charge in [0, 0.05) is 5.75 Å². The summed E-state index contributed by atoms with van der Waals surface area (Å²) in [5.41, 5.74) is 0.956. The molecule has 96 valence electrons. The minimum absolute atomic E-state index is 0.304. The maximum atomic E-state index is 12.3. The maximum Gasteiger partial charge on any atom is 0.279 e. The van der Waals surface area contributed by atoms with E-state index in [0.717, 1.165) is 16.9 Å². The van der Waals surface area contributed by atoms with E-state index < -0.39 is 5.60 Å². The van der Waals surface area contributed by atoms with Crippen LogP contribution in [0.15, 0.2) is 24.3 Å². The SMILES string of the molecule is O=C(N1Cc2ccccc2CO1)C1(O)CCSC1. The topological polar surface area (TPSA) is 49.8 Å². The van der Waals surface area contributed by atoms with Crippen molar-refractivity contribution in [2.24, 2.45) is 0 Å². The number of fused-ring (bicyclic) bond motifs is 1. The van der Waals surface area contributed by atoms with Crippen LogP contribution >= 0.6 is 11.8 Å². The van der Waals surface area contributed by atoms with Crippen molar-refractivity contribution in [3.05, 3.63) is 35.4 Å². The summed E-state index contributed by atoms with van der Waals surface area (Å²) < 4.78 is 0. The molecule has 1 unspecified atom stereocenters. The van der Waals surface area contributed by atoms with E-state index in [4.69, 9.17) is 4.84 Å². The Morgan fingerprint density at radius 1 is 1.39 bits per heavy atom. The predicted octanol–water partition coefficient (Wildman–Crippen LogP) is 1.33. The van der Waals surface area contributed by atoms with Gasteiger partial charge in [0.2, 0.25) is 0 Å². The lowest BCUT2D eigenvalue weighted by Gasteiger charge is -2.32. The maximum absolute atomic E-state index is 12.3. The lowest BCUT2D eigenvalue weighted by Crippen LogP contribution is -2.49. The Kier molecular flexibility index (Phi) is 3.05. The van der Waals surface area contributed by atoms with Gasteiger partial charge >= 0.3 is 0 Å². The van der Waals surface area contributed by atoms with E-state index in [0.29, 0.717) is 25.3 Å². The number of rotatable bonds is 1. The molecule has 0 spiro atoms. The zero-order valence-corrected chi connectivity index (χ0v) is 10.8. The van der Waals surface area contributed by atoms with Gasteiger partial charge in [0.25, 0.3) is 5.91 Å². The number of thioether (sulfide) groups is 1. The molecule has 2 aliphatic heterocycles. The molecule has 5 heteroatoms. The average molecular weight is 265 g/mol. The smallest absolute Gasteiger partial charge is 0.279 e. The van der Waals surface area contributed by atoms with Crippen LogP contribution in [0.1, 0.15) is 17.5 Å². The number of aliphatic hydroxyl groups is 1. The highest BCUT2D eigenvalue weighted by Gasteiger charge is 2.43. The second-order valence-corrected chi connectivity index (χ2v) is 5.82. The molecular weight excluding hydrogens is 250 g/mol. The minimum Gasteiger partial charge on any atom is -0.379 e. The van der Waals surface area contributed by atoms with Gasteiger partial charge in [0.1, 0.15) is 6.61 Å². The van der Waals surface area contributed by atoms with E-state index in [1.165, 1.54) is 5.06 Å². The van der Waals surface area contributed by atoms with E-state index in [2.05, 4.69) is 0 Å². The van der Waals surface area contributed by atoms with Crippen molar-refractivity contribution in [2.45, 2.75) is 25.2 Å². The Morgan fingerprint density at radius 3 is 2.89 bits per heavy atom. The van der Waals surface area contributed by atoms with E-state index >= 15 is 0 Å². The molecular formula is C13H15NO3S. The first-order chi connectivity index (χ1) is 8.69. The van der Waals surface area contributed by atoms with Crippen LogP contribution in [0.5, 0.6) is 0 Å². The third kappa shape index (κ3) is 2.02. The zero-order chi connectivity index (χ0) is 12.6. The van der Waals surface area contributed by atoms with Crippen LogP contribution in [-0.4, -0.2) is 33.2 Å². The standard InChI is InChI=1S/C13H15NO3S/c15-12(13(16)5-6-18-9-13)14-7-10-3-1-2-4-11(10)8-17-14/h1-4,16H,5-9H2. The predicted molar refractivity (Wildman–Crippen MR) is 68.7 cm³/mol. The molecule has 1 N–H and O–H groups in total. The number of hydrogen-bond donors (Lipinski definition) is 1. The fraction of sp³-hybridized carbons (Fsp3) is 0.462. The molecule has 1 fully saturated rings. The highest BCUT2D eigenvalue weighted by atomic mass is 32.2. The fourth-order valence-corrected chi connectivity index (χ4v) is 3.52. The summed E-state index contributed by atoms with van der Waals surface area (Å²) in [5.74, 6) is 0.988. The molecule has 1 aromatic rings. The molecule has 4 nitrogen and oxygen atoms in total. The first kappa shape index (κ1) is 12.0. The molecule has 18 heavy (non-hydrogen) atoms. The normalized spacial score (nSPS) is 27.1. The highest BCUT2D eigenvalue weighted by Crippen LogP contribution is 2.31. The summed E-state index contributed by atoms with van der Waals surface area (Å²) in [6.07, 6.45) is 0.512. The third-order valence-corrected chi connectivity index (χ3v) is 4.61. The quantitative estimate of drug-likeness (QED) is 0.832. The molecule has 0 aromatic heterocycles. The van der Waals surface area contributed by atoms with Crippen LogP contribution < -0.4 is 0 Å². The van der Waals surface area contributed by atoms with Gasteiger partial charge in [-0.3, -0.25) is 9.63 Å². The molecule has 0 saturated carbocycles. The van der Waals surface area contributed by atoms with Gasteiger partial charge in [-0.25, -0.2) is 5.06 Å². The van der Waals surface area contributed by atoms with Gasteiger partial charge in [-0.1, -0.05) is 24.3 Å². The Bertz CT molecular complexity index is 471. The van der Waals surface area contributed by atoms with Crippen molar-refractivity contribution in [2.75, 3.05) is 11.5 Å². The number of hydrogen-bond acceptors (Lipinski definition) is 4. The Balaban J connectivity index is 1.78. The van der Waals surface area contributed by atoms with Crippen LogP contribution in [0, 0.1) is 0 Å². The summed E-state index contributed by atoms with van der Waals surface area (Å²) >= 11 is 1.61. The Hall–Kier alpha value is -1.04. The van der Waals surface area contributed by atoms with Gasteiger partial charge in [-0.05, 0) is 23.3 Å². The molecule has 1 amide bonds. The highest BCUT2D eigenvalue weighted by molar-refractivity contribution is 7.99. The minimum atomic E-state index is -1.24. The average Bonchev–Trinajstić information content (AvgIpc) is 2.85. The van der Waals surface area contributed by atoms with Gasteiger partial charge < -0.3 is 5.11 Å². The van der Waals surface area contributed by atoms with Crippen molar-refractivity contribution in [1.29, 1.82) is 0 Å². The lowest BCUT2D eigenvalue weighted by molar-refractivity contribution is -0.215. The number of benzene rings is 1. The summed E-state index contributed by atoms with van der Waals surface area (Å²) in [6, 6.07) is 7.90. The van der Waals surface area contributed by atoms with Crippen molar-refractivity contribution in [3.63, 3.8) is 0 Å². The molecule has 0 aliphatic carbocycles. The van der Waals surface area contributed by atoms with Crippen LogP contribution in [0.2, 0.25) is 0 Å². The fourth-order valence-electron chi connectivity index (χ4n) is 2.29. The second kappa shape index (κ2) is 4.57. The lowest BCUT2D eigenvalue weighted by atomic mass is 10.0. The molecule has 0 radical (unpaired) electrons. The summed E-state index contributed by atoms with van der Waals surface area (Å²) in [7, 11) is 0. The van der Waals surface area contributed by atoms with Gasteiger partial charge in [-0.2, -0.15) is 11.8 Å². The van der Waals surface area contributed by atoms with Gasteiger partial charge in [-0.15, -0.1) is 0 Å². The number of hydroxylamine groups is 2. The largest absolute Gasteiger partial charge is 0.379 e. The van der Waals surface area contributed by atoms with E-state index in [1.54, 1.807) is 11.8 Å². The Morgan fingerprint density at radius 2 is 2.17 bits per heavy atom. The van der Waals surface area contributed by atoms with Crippen molar-refractivity contribution < 1.29 is 14.7 Å². The van der Waals surface area contributed by atoms with Crippen molar-refractivity contribution >= 4 is 17.7 Å². The van der Waals surface area contributed by atoms with E-state index in [9.17, 15) is 9.90 Å². The van der Waals surface area contributed by atoms with Crippen LogP contribution in [0.25, 0.3) is 0 Å². The molecule has 2 aliphatic rings. The first-order valence-corrected chi connectivity index (χ1v) is 7.16. The number of carbonyl (C=O) groups is 1. The zero-order valence-electron chi connectivity index (χ0n) is 9.96. The summed E-state index contributed by atoms with van der Waals surface area (Å²) in [6.45, 7) is 0.813. The van der Waals surface area contributed by atoms with Crippen LogP contribution in [-0.2, 0) is 22.8 Å². The molecule has 3 rings (SSSR count). The van der Waals surface area contributed by atoms with Gasteiger partial charge in [0.05, 0.1) is 6.54 Å². The number of carbonyl (C=O) groups excluding carboxylic acids is 1. The number of nitrogens with zero attached hydrogens (tertiary/aromatic N) is 1. The molecule has 1 atom stereocenters. The van der Waals surface area contributed by atoms with Crippen LogP contribution in [0.3, 0.4) is 0 Å². The summed E-state index contributed by atoms with van der Waals surface area (Å²) in [5, 5.41) is 11.6. The monoisotopic (exact) mass is 265 g/mol. The number of amides is 1. The molecule has 0 bridgehead atoms. The van der Waals surface area contributed by atoms with Crippen molar-refractivity contribution in [1.82, 2.24) is 5.06 Å². The summed E-state index contributed by atoms with van der Waals surface area (Å²) in [4.78, 5) is 17.7. The van der Waals surface area contributed by atoms with E-state index in [1.807, 2.05) is 24.3 Å². The molecule has 2 heterocycles.